The zero-order valence-electron chi connectivity index (χ0n) is 11.0. The minimum absolute atomic E-state index is 0.211. The zero-order chi connectivity index (χ0) is 14.7. The maximum Gasteiger partial charge on any atom is 0.116 e. The number of phenolic OH excluding ortho intramolecular Hbond substituents is 1. The van der Waals surface area contributed by atoms with Crippen molar-refractivity contribution < 1.29 is 5.11 Å². The Bertz CT molecular complexity index is 817. The molecule has 0 aliphatic rings. The van der Waals surface area contributed by atoms with Crippen LogP contribution in [0.5, 0.6) is 5.75 Å². The number of nitrogens with one attached hydrogen (secondary N) is 1. The molecule has 3 aromatic rings. The normalized spacial score (nSPS) is 11.1. The predicted octanol–water partition coefficient (Wildman–Crippen LogP) is 4.04. The van der Waals surface area contributed by atoms with Gasteiger partial charge in [0, 0.05) is 16.6 Å². The molecule has 2 N–H and O–H groups in total. The standard InChI is InChI=1S/C16H12ClN3O/c17-12-4-5-14-15(6-7-18-16(14)9-12)20-19-10-11-2-1-3-13(21)8-11/h1-10,21H,(H,18,20)/b19-10-. The smallest absolute Gasteiger partial charge is 0.116 e. The summed E-state index contributed by atoms with van der Waals surface area (Å²) in [6.07, 6.45) is 3.34. The second-order valence-corrected chi connectivity index (χ2v) is 4.92. The lowest BCUT2D eigenvalue weighted by Gasteiger charge is -2.05. The zero-order valence-corrected chi connectivity index (χ0v) is 11.7. The number of aromatic hydroxyl groups is 1. The number of pyridine rings is 1. The van der Waals surface area contributed by atoms with Crippen molar-refractivity contribution in [1.82, 2.24) is 4.98 Å². The van der Waals surface area contributed by atoms with Crippen LogP contribution in [0.4, 0.5) is 5.69 Å². The lowest BCUT2D eigenvalue weighted by molar-refractivity contribution is 0.475. The quantitative estimate of drug-likeness (QED) is 0.566. The van der Waals surface area contributed by atoms with E-state index in [-0.39, 0.29) is 5.75 Å². The van der Waals surface area contributed by atoms with Crippen molar-refractivity contribution in [3.05, 3.63) is 65.3 Å². The first-order valence-electron chi connectivity index (χ1n) is 6.35. The van der Waals surface area contributed by atoms with E-state index >= 15 is 0 Å². The third kappa shape index (κ3) is 3.12. The molecule has 1 aromatic heterocycles. The second kappa shape index (κ2) is 5.81. The molecule has 104 valence electrons. The van der Waals surface area contributed by atoms with Crippen molar-refractivity contribution >= 4 is 34.4 Å². The van der Waals surface area contributed by atoms with Crippen molar-refractivity contribution in [2.75, 3.05) is 5.43 Å². The number of hydrazone groups is 1. The molecular weight excluding hydrogens is 286 g/mol. The summed E-state index contributed by atoms with van der Waals surface area (Å²) < 4.78 is 0. The number of fused-ring (bicyclic) bond motifs is 1. The van der Waals surface area contributed by atoms with Gasteiger partial charge < -0.3 is 5.11 Å². The molecule has 2 aromatic carbocycles. The van der Waals surface area contributed by atoms with E-state index in [1.54, 1.807) is 36.7 Å². The van der Waals surface area contributed by atoms with Crippen LogP contribution < -0.4 is 5.43 Å². The monoisotopic (exact) mass is 297 g/mol. The maximum atomic E-state index is 9.39. The van der Waals surface area contributed by atoms with E-state index in [0.29, 0.717) is 5.02 Å². The van der Waals surface area contributed by atoms with E-state index in [9.17, 15) is 5.11 Å². The molecule has 0 aliphatic heterocycles. The SMILES string of the molecule is Oc1cccc(/C=N\Nc2ccnc3cc(Cl)ccc23)c1. The van der Waals surface area contributed by atoms with Gasteiger partial charge in [0.15, 0.2) is 0 Å². The van der Waals surface area contributed by atoms with Crippen LogP contribution in [0, 0.1) is 0 Å². The van der Waals surface area contributed by atoms with Crippen LogP contribution >= 0.6 is 11.6 Å². The van der Waals surface area contributed by atoms with Crippen molar-refractivity contribution in [3.63, 3.8) is 0 Å². The lowest BCUT2D eigenvalue weighted by atomic mass is 10.2. The van der Waals surface area contributed by atoms with Crippen molar-refractivity contribution in [2.45, 2.75) is 0 Å². The Kier molecular flexibility index (Phi) is 3.71. The van der Waals surface area contributed by atoms with Crippen LogP contribution in [0.25, 0.3) is 10.9 Å². The molecular formula is C16H12ClN3O. The molecule has 0 saturated carbocycles. The average molecular weight is 298 g/mol. The summed E-state index contributed by atoms with van der Waals surface area (Å²) in [5, 5.41) is 15.2. The molecule has 0 unspecified atom stereocenters. The van der Waals surface area contributed by atoms with Crippen LogP contribution in [0.1, 0.15) is 5.56 Å². The molecule has 0 saturated heterocycles. The summed E-state index contributed by atoms with van der Waals surface area (Å²) in [4.78, 5) is 4.27. The Morgan fingerprint density at radius 1 is 1.14 bits per heavy atom. The number of phenols is 1. The Hall–Kier alpha value is -2.59. The van der Waals surface area contributed by atoms with E-state index in [4.69, 9.17) is 11.6 Å². The Balaban J connectivity index is 1.85. The molecule has 1 heterocycles. The number of nitrogens with zero attached hydrogens (tertiary/aromatic N) is 2. The Labute approximate surface area is 126 Å². The van der Waals surface area contributed by atoms with E-state index in [1.165, 1.54) is 0 Å². The molecule has 21 heavy (non-hydrogen) atoms. The fourth-order valence-corrected chi connectivity index (χ4v) is 2.17. The summed E-state index contributed by atoms with van der Waals surface area (Å²) in [6, 6.07) is 14.2. The largest absolute Gasteiger partial charge is 0.508 e. The first-order valence-corrected chi connectivity index (χ1v) is 6.72. The van der Waals surface area contributed by atoms with E-state index in [0.717, 1.165) is 22.2 Å². The summed E-state index contributed by atoms with van der Waals surface area (Å²) in [6.45, 7) is 0. The first kappa shape index (κ1) is 13.4. The van der Waals surface area contributed by atoms with Gasteiger partial charge in [-0.3, -0.25) is 10.4 Å². The molecule has 3 rings (SSSR count). The van der Waals surface area contributed by atoms with Crippen LogP contribution in [-0.2, 0) is 0 Å². The highest BCUT2D eigenvalue weighted by Crippen LogP contribution is 2.24. The summed E-state index contributed by atoms with van der Waals surface area (Å²) in [5.74, 6) is 0.211. The van der Waals surface area contributed by atoms with Crippen molar-refractivity contribution in [2.24, 2.45) is 5.10 Å². The van der Waals surface area contributed by atoms with Crippen molar-refractivity contribution in [1.29, 1.82) is 0 Å². The molecule has 0 aliphatic carbocycles. The van der Waals surface area contributed by atoms with Gasteiger partial charge >= 0.3 is 0 Å². The molecule has 0 atom stereocenters. The molecule has 0 bridgehead atoms. The Morgan fingerprint density at radius 2 is 2.05 bits per heavy atom. The van der Waals surface area contributed by atoms with Gasteiger partial charge in [0.05, 0.1) is 17.4 Å². The van der Waals surface area contributed by atoms with E-state index in [1.807, 2.05) is 24.3 Å². The van der Waals surface area contributed by atoms with Gasteiger partial charge in [-0.05, 0) is 42.0 Å². The second-order valence-electron chi connectivity index (χ2n) is 4.48. The average Bonchev–Trinajstić information content (AvgIpc) is 2.47. The van der Waals surface area contributed by atoms with Gasteiger partial charge in [-0.2, -0.15) is 5.10 Å². The molecule has 4 nitrogen and oxygen atoms in total. The van der Waals surface area contributed by atoms with Gasteiger partial charge in [-0.15, -0.1) is 0 Å². The van der Waals surface area contributed by atoms with Gasteiger partial charge in [0.1, 0.15) is 5.75 Å². The number of halogens is 1. The van der Waals surface area contributed by atoms with Gasteiger partial charge in [0.25, 0.3) is 0 Å². The number of benzene rings is 2. The van der Waals surface area contributed by atoms with Gasteiger partial charge in [-0.1, -0.05) is 23.7 Å². The fourth-order valence-electron chi connectivity index (χ4n) is 2.00. The van der Waals surface area contributed by atoms with Gasteiger partial charge in [0.2, 0.25) is 0 Å². The van der Waals surface area contributed by atoms with E-state index in [2.05, 4.69) is 15.5 Å². The third-order valence-corrected chi connectivity index (χ3v) is 3.21. The highest BCUT2D eigenvalue weighted by Gasteiger charge is 2.01. The fraction of sp³-hybridized carbons (Fsp3) is 0. The number of rotatable bonds is 3. The summed E-state index contributed by atoms with van der Waals surface area (Å²) in [5.41, 5.74) is 5.44. The third-order valence-electron chi connectivity index (χ3n) is 2.97. The van der Waals surface area contributed by atoms with Crippen LogP contribution in [-0.4, -0.2) is 16.3 Å². The predicted molar refractivity (Wildman–Crippen MR) is 86.1 cm³/mol. The molecule has 0 fully saturated rings. The van der Waals surface area contributed by atoms with Crippen LogP contribution in [0.15, 0.2) is 59.8 Å². The topological polar surface area (TPSA) is 57.5 Å². The minimum atomic E-state index is 0.211. The summed E-state index contributed by atoms with van der Waals surface area (Å²) in [7, 11) is 0. The number of hydrogen-bond acceptors (Lipinski definition) is 4. The van der Waals surface area contributed by atoms with E-state index < -0.39 is 0 Å². The highest BCUT2D eigenvalue weighted by molar-refractivity contribution is 6.31. The van der Waals surface area contributed by atoms with Crippen molar-refractivity contribution in [3.8, 4) is 5.75 Å². The number of aromatic nitrogens is 1. The summed E-state index contributed by atoms with van der Waals surface area (Å²) >= 11 is 5.96. The number of anilines is 1. The number of hydrogen-bond donors (Lipinski definition) is 2. The Morgan fingerprint density at radius 3 is 2.90 bits per heavy atom. The van der Waals surface area contributed by atoms with Crippen LogP contribution in [0.3, 0.4) is 0 Å². The first-order chi connectivity index (χ1) is 10.2. The molecule has 5 heteroatoms. The highest BCUT2D eigenvalue weighted by atomic mass is 35.5. The van der Waals surface area contributed by atoms with Gasteiger partial charge in [-0.25, -0.2) is 0 Å². The molecule has 0 amide bonds. The maximum absolute atomic E-state index is 9.39. The lowest BCUT2D eigenvalue weighted by Crippen LogP contribution is -1.92. The van der Waals surface area contributed by atoms with Crippen LogP contribution in [0.2, 0.25) is 5.02 Å². The molecule has 0 spiro atoms. The molecule has 0 radical (unpaired) electrons. The minimum Gasteiger partial charge on any atom is -0.508 e.